The molecule has 2 aromatic rings. The average molecular weight is 394 g/mol. The normalized spacial score (nSPS) is 14.0. The van der Waals surface area contributed by atoms with Crippen LogP contribution >= 0.6 is 0 Å². The van der Waals surface area contributed by atoms with Crippen LogP contribution in [0.4, 0.5) is 30.2 Å². The number of carbonyl (C=O) groups excluding carboxylic acids is 1. The van der Waals surface area contributed by atoms with Gasteiger partial charge in [0.25, 0.3) is 11.6 Å². The average Bonchev–Trinajstić information content (AvgIpc) is 3.19. The van der Waals surface area contributed by atoms with Gasteiger partial charge in [-0.3, -0.25) is 25.8 Å². The van der Waals surface area contributed by atoms with E-state index in [9.17, 15) is 28.1 Å². The van der Waals surface area contributed by atoms with Gasteiger partial charge in [-0.25, -0.2) is 0 Å². The lowest BCUT2D eigenvalue weighted by Gasteiger charge is -2.18. The molecular weight excluding hydrogens is 377 g/mol. The Hall–Kier alpha value is -3.30. The summed E-state index contributed by atoms with van der Waals surface area (Å²) in [7, 11) is 0. The molecule has 0 radical (unpaired) electrons. The third-order valence-electron chi connectivity index (χ3n) is 4.42. The van der Waals surface area contributed by atoms with E-state index in [-0.39, 0.29) is 16.9 Å². The van der Waals surface area contributed by atoms with Gasteiger partial charge in [-0.1, -0.05) is 12.1 Å². The van der Waals surface area contributed by atoms with Crippen molar-refractivity contribution in [1.29, 1.82) is 0 Å². The number of nitro groups is 1. The summed E-state index contributed by atoms with van der Waals surface area (Å²) in [4.78, 5) is 25.0. The van der Waals surface area contributed by atoms with Crippen LogP contribution in [0.5, 0.6) is 0 Å². The number of anilines is 2. The van der Waals surface area contributed by atoms with E-state index in [1.165, 1.54) is 30.3 Å². The zero-order valence-electron chi connectivity index (χ0n) is 14.6. The molecule has 0 aliphatic carbocycles. The second-order valence-corrected chi connectivity index (χ2v) is 6.28. The highest BCUT2D eigenvalue weighted by atomic mass is 19.4. The second-order valence-electron chi connectivity index (χ2n) is 6.28. The van der Waals surface area contributed by atoms with E-state index in [2.05, 4.69) is 10.9 Å². The van der Waals surface area contributed by atoms with Crippen molar-refractivity contribution in [2.45, 2.75) is 19.0 Å². The van der Waals surface area contributed by atoms with Crippen LogP contribution < -0.4 is 15.8 Å². The Bertz CT molecular complexity index is 896. The highest BCUT2D eigenvalue weighted by Crippen LogP contribution is 2.34. The number of nitro benzene ring substituents is 1. The zero-order chi connectivity index (χ0) is 20.3. The molecule has 1 fully saturated rings. The fourth-order valence-corrected chi connectivity index (χ4v) is 3.07. The van der Waals surface area contributed by atoms with Crippen LogP contribution in [0.2, 0.25) is 0 Å². The molecule has 0 bridgehead atoms. The first kappa shape index (κ1) is 19.5. The molecular formula is C18H17F3N4O3. The van der Waals surface area contributed by atoms with E-state index >= 15 is 0 Å². The quantitative estimate of drug-likeness (QED) is 0.592. The summed E-state index contributed by atoms with van der Waals surface area (Å²) in [5, 5.41) is 11.4. The summed E-state index contributed by atoms with van der Waals surface area (Å²) in [5.74, 6) is -0.784. The number of hydrazine groups is 1. The van der Waals surface area contributed by atoms with Crippen LogP contribution in [-0.2, 0) is 6.18 Å². The van der Waals surface area contributed by atoms with E-state index in [1.54, 1.807) is 0 Å². The first-order valence-corrected chi connectivity index (χ1v) is 8.53. The summed E-state index contributed by atoms with van der Waals surface area (Å²) >= 11 is 0. The van der Waals surface area contributed by atoms with Gasteiger partial charge in [0.1, 0.15) is 5.69 Å². The molecule has 0 saturated carbocycles. The molecule has 7 nitrogen and oxygen atoms in total. The minimum Gasteiger partial charge on any atom is -0.366 e. The maximum absolute atomic E-state index is 13.0. The van der Waals surface area contributed by atoms with Crippen LogP contribution in [0.1, 0.15) is 28.8 Å². The van der Waals surface area contributed by atoms with Crippen LogP contribution in [-0.4, -0.2) is 23.9 Å². The van der Waals surface area contributed by atoms with Crippen molar-refractivity contribution in [3.05, 3.63) is 63.7 Å². The molecule has 0 unspecified atom stereocenters. The molecule has 2 aromatic carbocycles. The number of hydrogen-bond donors (Lipinski definition) is 2. The number of para-hydroxylation sites is 1. The van der Waals surface area contributed by atoms with Crippen LogP contribution in [0.25, 0.3) is 0 Å². The molecule has 148 valence electrons. The molecule has 1 aliphatic rings. The van der Waals surface area contributed by atoms with Crippen molar-refractivity contribution < 1.29 is 22.9 Å². The van der Waals surface area contributed by atoms with Crippen molar-refractivity contribution in [2.75, 3.05) is 23.4 Å². The summed E-state index contributed by atoms with van der Waals surface area (Å²) in [6.45, 7) is 1.39. The van der Waals surface area contributed by atoms with E-state index < -0.39 is 22.6 Å². The molecule has 1 saturated heterocycles. The Morgan fingerprint density at radius 2 is 1.79 bits per heavy atom. The smallest absolute Gasteiger partial charge is 0.366 e. The molecule has 10 heteroatoms. The highest BCUT2D eigenvalue weighted by molar-refractivity contribution is 5.96. The van der Waals surface area contributed by atoms with Crippen LogP contribution in [0.3, 0.4) is 0 Å². The van der Waals surface area contributed by atoms with E-state index in [0.717, 1.165) is 25.0 Å². The van der Waals surface area contributed by atoms with Crippen molar-refractivity contribution in [3.63, 3.8) is 0 Å². The number of benzene rings is 2. The van der Waals surface area contributed by atoms with E-state index in [1.807, 2.05) is 4.90 Å². The van der Waals surface area contributed by atoms with Gasteiger partial charge in [0.2, 0.25) is 0 Å². The fourth-order valence-electron chi connectivity index (χ4n) is 3.07. The van der Waals surface area contributed by atoms with Gasteiger partial charge >= 0.3 is 6.18 Å². The van der Waals surface area contributed by atoms with Gasteiger partial charge in [0.15, 0.2) is 0 Å². The van der Waals surface area contributed by atoms with Crippen LogP contribution in [0.15, 0.2) is 42.5 Å². The SMILES string of the molecule is O=C(NNc1ccccc1C(F)(F)F)c1ccc(N2CCCC2)c([N+](=O)[O-])c1. The van der Waals surface area contributed by atoms with Gasteiger partial charge in [0.05, 0.1) is 16.2 Å². The molecule has 0 aromatic heterocycles. The third kappa shape index (κ3) is 4.16. The van der Waals surface area contributed by atoms with Gasteiger partial charge in [-0.15, -0.1) is 0 Å². The highest BCUT2D eigenvalue weighted by Gasteiger charge is 2.33. The molecule has 28 heavy (non-hydrogen) atoms. The zero-order valence-corrected chi connectivity index (χ0v) is 14.6. The lowest BCUT2D eigenvalue weighted by atomic mass is 10.1. The topological polar surface area (TPSA) is 87.5 Å². The predicted molar refractivity (Wildman–Crippen MR) is 97.1 cm³/mol. The number of amides is 1. The number of nitrogens with zero attached hydrogens (tertiary/aromatic N) is 2. The van der Waals surface area contributed by atoms with Gasteiger partial charge in [-0.05, 0) is 37.1 Å². The fraction of sp³-hybridized carbons (Fsp3) is 0.278. The van der Waals surface area contributed by atoms with Gasteiger partial charge < -0.3 is 4.90 Å². The lowest BCUT2D eigenvalue weighted by Crippen LogP contribution is -2.30. The summed E-state index contributed by atoms with van der Waals surface area (Å²) < 4.78 is 39.0. The Balaban J connectivity index is 1.78. The molecule has 3 rings (SSSR count). The Kier molecular flexibility index (Phi) is 5.39. The third-order valence-corrected chi connectivity index (χ3v) is 4.42. The molecule has 0 spiro atoms. The van der Waals surface area contributed by atoms with Crippen molar-refractivity contribution in [3.8, 4) is 0 Å². The van der Waals surface area contributed by atoms with Crippen molar-refractivity contribution in [2.24, 2.45) is 0 Å². The summed E-state index contributed by atoms with van der Waals surface area (Å²) in [6.07, 6.45) is -2.73. The minimum atomic E-state index is -4.59. The minimum absolute atomic E-state index is 0.0355. The predicted octanol–water partition coefficient (Wildman–Crippen LogP) is 3.97. The number of alkyl halides is 3. The number of halogens is 3. The Labute approximate surface area is 158 Å². The van der Waals surface area contributed by atoms with Gasteiger partial charge in [-0.2, -0.15) is 13.2 Å². The maximum atomic E-state index is 13.0. The van der Waals surface area contributed by atoms with Gasteiger partial charge in [0, 0.05) is 24.7 Å². The number of nitrogens with one attached hydrogen (secondary N) is 2. The van der Waals surface area contributed by atoms with E-state index in [0.29, 0.717) is 18.8 Å². The molecule has 2 N–H and O–H groups in total. The standard InChI is InChI=1S/C18H17F3N4O3/c19-18(20,21)13-5-1-2-6-14(13)22-23-17(26)12-7-8-15(16(11-12)25(27)28)24-9-3-4-10-24/h1-2,5-8,11,22H,3-4,9-10H2,(H,23,26). The van der Waals surface area contributed by atoms with Crippen LogP contribution in [0, 0.1) is 10.1 Å². The number of rotatable bonds is 5. The first-order chi connectivity index (χ1) is 13.3. The molecule has 1 aliphatic heterocycles. The maximum Gasteiger partial charge on any atom is 0.418 e. The first-order valence-electron chi connectivity index (χ1n) is 8.53. The van der Waals surface area contributed by atoms with E-state index in [4.69, 9.17) is 0 Å². The molecule has 1 heterocycles. The number of carbonyl (C=O) groups is 1. The van der Waals surface area contributed by atoms with Crippen molar-refractivity contribution >= 4 is 23.0 Å². The number of hydrogen-bond acceptors (Lipinski definition) is 5. The monoisotopic (exact) mass is 394 g/mol. The Morgan fingerprint density at radius 1 is 1.11 bits per heavy atom. The summed E-state index contributed by atoms with van der Waals surface area (Å²) in [6, 6.07) is 8.69. The molecule has 0 atom stereocenters. The second kappa shape index (κ2) is 7.75. The summed E-state index contributed by atoms with van der Waals surface area (Å²) in [5.41, 5.74) is 3.30. The Morgan fingerprint density at radius 3 is 2.43 bits per heavy atom. The lowest BCUT2D eigenvalue weighted by molar-refractivity contribution is -0.384. The molecule has 1 amide bonds. The van der Waals surface area contributed by atoms with Crippen molar-refractivity contribution in [1.82, 2.24) is 5.43 Å². The largest absolute Gasteiger partial charge is 0.418 e.